The average molecular weight is 505 g/mol. The normalized spacial score (nSPS) is 17.0. The van der Waals surface area contributed by atoms with Crippen molar-refractivity contribution in [3.05, 3.63) is 57.8 Å². The lowest BCUT2D eigenvalue weighted by atomic mass is 10.0. The number of ether oxygens (including phenoxy) is 1. The number of thiazole rings is 1. The molecular formula is C21H21BrN4O4S. The summed E-state index contributed by atoms with van der Waals surface area (Å²) in [6, 6.07) is 7.50. The van der Waals surface area contributed by atoms with E-state index in [1.54, 1.807) is 29.2 Å². The summed E-state index contributed by atoms with van der Waals surface area (Å²) in [7, 11) is 1.25. The third-order valence-electron chi connectivity index (χ3n) is 5.27. The lowest BCUT2D eigenvalue weighted by Crippen LogP contribution is -2.47. The zero-order chi connectivity index (χ0) is 22.0. The molecule has 2 aromatic heterocycles. The number of fused-ring (bicyclic) bond motifs is 1. The Balaban J connectivity index is 1.52. The number of methoxy groups -OCH3 is 1. The molecule has 1 aliphatic rings. The Morgan fingerprint density at radius 3 is 2.77 bits per heavy atom. The van der Waals surface area contributed by atoms with Crippen molar-refractivity contribution >= 4 is 50.0 Å². The minimum Gasteiger partial charge on any atom is -0.453 e. The first-order valence-electron chi connectivity index (χ1n) is 9.82. The van der Waals surface area contributed by atoms with Crippen LogP contribution in [0.15, 0.2) is 46.5 Å². The Labute approximate surface area is 191 Å². The van der Waals surface area contributed by atoms with E-state index in [-0.39, 0.29) is 18.1 Å². The first kappa shape index (κ1) is 21.5. The van der Waals surface area contributed by atoms with Gasteiger partial charge in [-0.3, -0.25) is 14.0 Å². The van der Waals surface area contributed by atoms with Crippen molar-refractivity contribution in [1.82, 2.24) is 19.6 Å². The molecule has 8 nitrogen and oxygen atoms in total. The Morgan fingerprint density at radius 1 is 1.29 bits per heavy atom. The van der Waals surface area contributed by atoms with E-state index >= 15 is 0 Å². The maximum Gasteiger partial charge on any atom is 0.407 e. The fourth-order valence-corrected chi connectivity index (χ4v) is 5.21. The van der Waals surface area contributed by atoms with Gasteiger partial charge in [-0.05, 0) is 34.3 Å². The van der Waals surface area contributed by atoms with Gasteiger partial charge in [0.2, 0.25) is 0 Å². The molecule has 1 N–H and O–H groups in total. The number of aromatic nitrogens is 2. The quantitative estimate of drug-likeness (QED) is 0.555. The maximum atomic E-state index is 13.4. The number of imidazole rings is 1. The van der Waals surface area contributed by atoms with E-state index < -0.39 is 18.2 Å². The highest BCUT2D eigenvalue weighted by molar-refractivity contribution is 9.11. The number of carbonyl (C=O) groups is 3. The van der Waals surface area contributed by atoms with Gasteiger partial charge in [-0.2, -0.15) is 0 Å². The monoisotopic (exact) mass is 504 g/mol. The molecule has 2 atom stereocenters. The molecule has 1 aliphatic heterocycles. The van der Waals surface area contributed by atoms with Gasteiger partial charge < -0.3 is 15.0 Å². The van der Waals surface area contributed by atoms with Crippen molar-refractivity contribution in [3.8, 4) is 0 Å². The number of carbonyl (C=O) groups excluding carboxylic acids is 3. The number of rotatable bonds is 6. The van der Waals surface area contributed by atoms with Crippen LogP contribution in [0.25, 0.3) is 4.96 Å². The fourth-order valence-electron chi connectivity index (χ4n) is 3.84. The maximum absolute atomic E-state index is 13.4. The Morgan fingerprint density at radius 2 is 2.06 bits per heavy atom. The van der Waals surface area contributed by atoms with Gasteiger partial charge in [-0.1, -0.05) is 41.7 Å². The van der Waals surface area contributed by atoms with Crippen LogP contribution < -0.4 is 5.32 Å². The van der Waals surface area contributed by atoms with E-state index in [0.29, 0.717) is 24.2 Å². The van der Waals surface area contributed by atoms with Crippen molar-refractivity contribution < 1.29 is 19.1 Å². The summed E-state index contributed by atoms with van der Waals surface area (Å²) in [6.45, 7) is 0.465. The Kier molecular flexibility index (Phi) is 6.38. The molecule has 0 saturated carbocycles. The van der Waals surface area contributed by atoms with E-state index in [0.717, 1.165) is 15.2 Å². The van der Waals surface area contributed by atoms with Crippen LogP contribution in [0, 0.1) is 0 Å². The summed E-state index contributed by atoms with van der Waals surface area (Å²) in [5.74, 6) is -0.372. The highest BCUT2D eigenvalue weighted by Gasteiger charge is 2.38. The second-order valence-corrected chi connectivity index (χ2v) is 9.66. The van der Waals surface area contributed by atoms with Crippen LogP contribution in [-0.4, -0.2) is 51.8 Å². The standard InChI is InChI=1S/C21H21BrN4O4S/c1-30-21(29)24-18(13-6-3-2-4-7-13)19(28)26-9-5-8-15(26)16(27)10-14-11-25-12-17(22)31-20(25)23-14/h2-4,6-7,11-12,15,18H,5,8-10H2,1H3,(H,24,29)/t15-,18+/m0/s1. The Bertz CT molecular complexity index is 1080. The topological polar surface area (TPSA) is 93.0 Å². The third-order valence-corrected chi connectivity index (χ3v) is 6.74. The van der Waals surface area contributed by atoms with E-state index in [9.17, 15) is 14.4 Å². The predicted molar refractivity (Wildman–Crippen MR) is 119 cm³/mol. The number of amides is 2. The minimum atomic E-state index is -0.919. The van der Waals surface area contributed by atoms with Gasteiger partial charge in [-0.15, -0.1) is 0 Å². The van der Waals surface area contributed by atoms with Crippen LogP contribution >= 0.6 is 27.3 Å². The SMILES string of the molecule is COC(=O)N[C@@H](C(=O)N1CCC[C@H]1C(=O)Cc1cn2cc(Br)sc2n1)c1ccccc1. The highest BCUT2D eigenvalue weighted by Crippen LogP contribution is 2.26. The van der Waals surface area contributed by atoms with Crippen molar-refractivity contribution in [1.29, 1.82) is 0 Å². The molecule has 1 fully saturated rings. The van der Waals surface area contributed by atoms with E-state index in [1.807, 2.05) is 22.9 Å². The van der Waals surface area contributed by atoms with E-state index in [2.05, 4.69) is 26.2 Å². The molecule has 0 aliphatic carbocycles. The van der Waals surface area contributed by atoms with Gasteiger partial charge in [-0.25, -0.2) is 9.78 Å². The molecule has 3 aromatic rings. The van der Waals surface area contributed by atoms with Crippen LogP contribution in [0.3, 0.4) is 0 Å². The summed E-state index contributed by atoms with van der Waals surface area (Å²) in [5.41, 5.74) is 1.31. The first-order valence-corrected chi connectivity index (χ1v) is 11.4. The molecule has 0 radical (unpaired) electrons. The number of halogens is 1. The molecule has 0 bridgehead atoms. The molecule has 1 aromatic carbocycles. The van der Waals surface area contributed by atoms with Gasteiger partial charge in [0.05, 0.1) is 29.1 Å². The summed E-state index contributed by atoms with van der Waals surface area (Å²) in [6.07, 6.45) is 4.51. The number of likely N-dealkylation sites (tertiary alicyclic amines) is 1. The number of nitrogens with zero attached hydrogens (tertiary/aromatic N) is 3. The zero-order valence-electron chi connectivity index (χ0n) is 16.8. The van der Waals surface area contributed by atoms with Crippen molar-refractivity contribution in [2.45, 2.75) is 31.3 Å². The van der Waals surface area contributed by atoms with Gasteiger partial charge in [0.15, 0.2) is 10.7 Å². The summed E-state index contributed by atoms with van der Waals surface area (Å²) in [5, 5.41) is 2.61. The highest BCUT2D eigenvalue weighted by atomic mass is 79.9. The predicted octanol–water partition coefficient (Wildman–Crippen LogP) is 3.36. The Hall–Kier alpha value is -2.72. The number of nitrogens with one attached hydrogen (secondary N) is 1. The van der Waals surface area contributed by atoms with Crippen LogP contribution in [0.4, 0.5) is 4.79 Å². The molecule has 10 heteroatoms. The molecular weight excluding hydrogens is 484 g/mol. The molecule has 31 heavy (non-hydrogen) atoms. The van der Waals surface area contributed by atoms with Crippen LogP contribution in [0.2, 0.25) is 0 Å². The molecule has 162 valence electrons. The molecule has 0 unspecified atom stereocenters. The van der Waals surface area contributed by atoms with Gasteiger partial charge >= 0.3 is 6.09 Å². The lowest BCUT2D eigenvalue weighted by Gasteiger charge is -2.28. The van der Waals surface area contributed by atoms with Gasteiger partial charge in [0.25, 0.3) is 5.91 Å². The summed E-state index contributed by atoms with van der Waals surface area (Å²) in [4.78, 5) is 45.2. The van der Waals surface area contributed by atoms with Crippen molar-refractivity contribution in [2.75, 3.05) is 13.7 Å². The second-order valence-electron chi connectivity index (χ2n) is 7.27. The number of benzene rings is 1. The van der Waals surface area contributed by atoms with Crippen LogP contribution in [-0.2, 0) is 20.7 Å². The largest absolute Gasteiger partial charge is 0.453 e. The fraction of sp³-hybridized carbons (Fsp3) is 0.333. The summed E-state index contributed by atoms with van der Waals surface area (Å²) >= 11 is 4.91. The number of hydrogen-bond donors (Lipinski definition) is 1. The third kappa shape index (κ3) is 4.64. The average Bonchev–Trinajstić information content (AvgIpc) is 3.46. The number of Topliss-reactive ketones (excluding diaryl/α,β-unsaturated/α-hetero) is 1. The van der Waals surface area contributed by atoms with E-state index in [4.69, 9.17) is 4.74 Å². The van der Waals surface area contributed by atoms with Crippen molar-refractivity contribution in [2.24, 2.45) is 0 Å². The molecule has 2 amide bonds. The number of hydrogen-bond acceptors (Lipinski definition) is 6. The lowest BCUT2D eigenvalue weighted by molar-refractivity contribution is -0.139. The molecule has 0 spiro atoms. The first-order chi connectivity index (χ1) is 15.0. The molecule has 4 rings (SSSR count). The zero-order valence-corrected chi connectivity index (χ0v) is 19.2. The molecule has 1 saturated heterocycles. The second kappa shape index (κ2) is 9.19. The van der Waals surface area contributed by atoms with E-state index in [1.165, 1.54) is 18.4 Å². The van der Waals surface area contributed by atoms with Gasteiger partial charge in [0, 0.05) is 18.9 Å². The minimum absolute atomic E-state index is 0.0550. The van der Waals surface area contributed by atoms with Gasteiger partial charge in [0.1, 0.15) is 6.04 Å². The number of alkyl carbamates (subject to hydrolysis) is 1. The number of ketones is 1. The summed E-state index contributed by atoms with van der Waals surface area (Å²) < 4.78 is 7.54. The molecule has 3 heterocycles. The smallest absolute Gasteiger partial charge is 0.407 e. The van der Waals surface area contributed by atoms with Crippen LogP contribution in [0.1, 0.15) is 30.1 Å². The van der Waals surface area contributed by atoms with Crippen LogP contribution in [0.5, 0.6) is 0 Å². The van der Waals surface area contributed by atoms with Crippen molar-refractivity contribution in [3.63, 3.8) is 0 Å².